The maximum Gasteiger partial charge on any atom is 0.0906 e. The van der Waals surface area contributed by atoms with E-state index in [4.69, 9.17) is 0 Å². The second-order valence-corrected chi connectivity index (χ2v) is 7.36. The van der Waals surface area contributed by atoms with Gasteiger partial charge in [0, 0.05) is 19.7 Å². The molecule has 0 heterocycles. The standard InChI is InChI=1S/C25H37N3/c1-9-12-13-25(26-27-28(7)8)24(20(5)10-2)17-15-22(11-3)23-16-14-19(4)18-21(23)6/h11,13-18H,9-10,12H2,1-8H3/b17-15-,22-11+,24-20+,25-13+,27-26?. The number of allylic oxidation sites excluding steroid dienone is 6. The molecule has 0 unspecified atom stereocenters. The van der Waals surface area contributed by atoms with Crippen LogP contribution in [0, 0.1) is 13.8 Å². The summed E-state index contributed by atoms with van der Waals surface area (Å²) in [5.41, 5.74) is 8.49. The summed E-state index contributed by atoms with van der Waals surface area (Å²) < 4.78 is 0. The van der Waals surface area contributed by atoms with Crippen LogP contribution in [0.2, 0.25) is 0 Å². The number of rotatable bonds is 9. The van der Waals surface area contributed by atoms with Crippen molar-refractivity contribution in [3.63, 3.8) is 0 Å². The molecule has 0 aliphatic rings. The zero-order valence-electron chi connectivity index (χ0n) is 19.0. The Morgan fingerprint density at radius 2 is 1.82 bits per heavy atom. The van der Waals surface area contributed by atoms with Crippen molar-refractivity contribution < 1.29 is 0 Å². The van der Waals surface area contributed by atoms with E-state index in [1.165, 1.54) is 27.8 Å². The van der Waals surface area contributed by atoms with Gasteiger partial charge in [0.15, 0.2) is 0 Å². The average Bonchev–Trinajstić information content (AvgIpc) is 2.66. The fourth-order valence-corrected chi connectivity index (χ4v) is 2.91. The van der Waals surface area contributed by atoms with Crippen LogP contribution >= 0.6 is 0 Å². The average molecular weight is 380 g/mol. The summed E-state index contributed by atoms with van der Waals surface area (Å²) in [6.07, 6.45) is 11.8. The van der Waals surface area contributed by atoms with Crippen LogP contribution in [0.5, 0.6) is 0 Å². The number of unbranched alkanes of at least 4 members (excludes halogenated alkanes) is 1. The summed E-state index contributed by atoms with van der Waals surface area (Å²) in [5, 5.41) is 10.5. The molecule has 28 heavy (non-hydrogen) atoms. The van der Waals surface area contributed by atoms with Gasteiger partial charge in [-0.1, -0.05) is 79.1 Å². The number of hydrogen-bond acceptors (Lipinski definition) is 2. The largest absolute Gasteiger partial charge is 0.285 e. The monoisotopic (exact) mass is 379 g/mol. The molecule has 1 aromatic carbocycles. The summed E-state index contributed by atoms with van der Waals surface area (Å²) >= 11 is 0. The van der Waals surface area contributed by atoms with Crippen molar-refractivity contribution in [1.82, 2.24) is 5.01 Å². The Morgan fingerprint density at radius 1 is 1.11 bits per heavy atom. The predicted octanol–water partition coefficient (Wildman–Crippen LogP) is 7.60. The van der Waals surface area contributed by atoms with Gasteiger partial charge in [0.2, 0.25) is 0 Å². The third kappa shape index (κ3) is 7.30. The van der Waals surface area contributed by atoms with E-state index in [0.29, 0.717) is 0 Å². The van der Waals surface area contributed by atoms with E-state index in [1.807, 2.05) is 14.1 Å². The summed E-state index contributed by atoms with van der Waals surface area (Å²) in [5.74, 6) is 0. The van der Waals surface area contributed by atoms with Crippen molar-refractivity contribution in [1.29, 1.82) is 0 Å². The Bertz CT molecular complexity index is 790. The van der Waals surface area contributed by atoms with Gasteiger partial charge in [0.25, 0.3) is 0 Å². The second-order valence-electron chi connectivity index (χ2n) is 7.36. The van der Waals surface area contributed by atoms with Gasteiger partial charge in [-0.05, 0) is 57.2 Å². The molecule has 0 aromatic heterocycles. The van der Waals surface area contributed by atoms with Crippen molar-refractivity contribution in [2.75, 3.05) is 14.1 Å². The van der Waals surface area contributed by atoms with Crippen molar-refractivity contribution in [3.8, 4) is 0 Å². The molecular formula is C25H37N3. The highest BCUT2D eigenvalue weighted by Crippen LogP contribution is 2.26. The molecule has 0 aliphatic carbocycles. The van der Waals surface area contributed by atoms with Crippen LogP contribution in [0.25, 0.3) is 5.57 Å². The van der Waals surface area contributed by atoms with Gasteiger partial charge < -0.3 is 0 Å². The third-order valence-electron chi connectivity index (χ3n) is 4.66. The zero-order valence-corrected chi connectivity index (χ0v) is 19.0. The Hall–Kier alpha value is -2.42. The first kappa shape index (κ1) is 23.6. The van der Waals surface area contributed by atoms with E-state index in [0.717, 1.165) is 30.5 Å². The molecule has 1 aromatic rings. The molecular weight excluding hydrogens is 342 g/mol. The van der Waals surface area contributed by atoms with E-state index < -0.39 is 0 Å². The molecule has 0 amide bonds. The molecule has 0 saturated heterocycles. The molecule has 0 atom stereocenters. The van der Waals surface area contributed by atoms with Gasteiger partial charge in [0.1, 0.15) is 0 Å². The molecule has 0 spiro atoms. The quantitative estimate of drug-likeness (QED) is 0.246. The predicted molar refractivity (Wildman–Crippen MR) is 123 cm³/mol. The number of nitrogens with zero attached hydrogens (tertiary/aromatic N) is 3. The summed E-state index contributed by atoms with van der Waals surface area (Å²) in [6.45, 7) is 12.9. The minimum absolute atomic E-state index is 0.947. The van der Waals surface area contributed by atoms with E-state index in [2.05, 4.69) is 94.4 Å². The smallest absolute Gasteiger partial charge is 0.0906 e. The third-order valence-corrected chi connectivity index (χ3v) is 4.66. The maximum absolute atomic E-state index is 4.52. The molecule has 3 nitrogen and oxygen atoms in total. The molecule has 0 fully saturated rings. The molecule has 152 valence electrons. The second kappa shape index (κ2) is 12.1. The van der Waals surface area contributed by atoms with Crippen molar-refractivity contribution >= 4 is 5.57 Å². The highest BCUT2D eigenvalue weighted by molar-refractivity contribution is 5.76. The van der Waals surface area contributed by atoms with Gasteiger partial charge in [0.05, 0.1) is 5.70 Å². The van der Waals surface area contributed by atoms with Crippen LogP contribution < -0.4 is 0 Å². The Labute approximate surface area is 172 Å². The number of hydrogen-bond donors (Lipinski definition) is 0. The van der Waals surface area contributed by atoms with Crippen LogP contribution in [-0.2, 0) is 0 Å². The minimum Gasteiger partial charge on any atom is -0.285 e. The van der Waals surface area contributed by atoms with E-state index in [9.17, 15) is 0 Å². The maximum atomic E-state index is 4.52. The van der Waals surface area contributed by atoms with Crippen LogP contribution in [0.4, 0.5) is 0 Å². The topological polar surface area (TPSA) is 28.0 Å². The SMILES string of the molecule is C\C=C(/C=C\C(C(=C/CCC)\N=NN(C)C)=C(\C)CC)c1ccc(C)cc1C. The lowest BCUT2D eigenvalue weighted by atomic mass is 9.96. The van der Waals surface area contributed by atoms with Gasteiger partial charge in [-0.3, -0.25) is 5.01 Å². The Morgan fingerprint density at radius 3 is 2.36 bits per heavy atom. The molecule has 0 saturated carbocycles. The zero-order chi connectivity index (χ0) is 21.1. The Kier molecular flexibility index (Phi) is 10.2. The molecule has 3 heteroatoms. The Balaban J connectivity index is 3.37. The summed E-state index contributed by atoms with van der Waals surface area (Å²) in [4.78, 5) is 0. The normalized spacial score (nSPS) is 14.1. The number of benzene rings is 1. The lowest BCUT2D eigenvalue weighted by Crippen LogP contribution is -2.00. The first-order chi connectivity index (χ1) is 13.3. The van der Waals surface area contributed by atoms with Crippen LogP contribution in [0.1, 0.15) is 63.6 Å². The summed E-state index contributed by atoms with van der Waals surface area (Å²) in [6, 6.07) is 6.62. The molecule has 1 rings (SSSR count). The van der Waals surface area contributed by atoms with Crippen molar-refractivity contribution in [3.05, 3.63) is 76.0 Å². The fraction of sp³-hybridized carbons (Fsp3) is 0.440. The molecule has 0 radical (unpaired) electrons. The van der Waals surface area contributed by atoms with Crippen LogP contribution in [0.3, 0.4) is 0 Å². The highest BCUT2D eigenvalue weighted by atomic mass is 15.5. The molecule has 0 N–H and O–H groups in total. The lowest BCUT2D eigenvalue weighted by molar-refractivity contribution is 0.405. The van der Waals surface area contributed by atoms with Crippen LogP contribution in [-0.4, -0.2) is 19.1 Å². The summed E-state index contributed by atoms with van der Waals surface area (Å²) in [7, 11) is 3.79. The van der Waals surface area contributed by atoms with Crippen molar-refractivity contribution in [2.24, 2.45) is 10.3 Å². The molecule has 0 bridgehead atoms. The first-order valence-electron chi connectivity index (χ1n) is 10.2. The number of aryl methyl sites for hydroxylation is 2. The fourth-order valence-electron chi connectivity index (χ4n) is 2.91. The van der Waals surface area contributed by atoms with E-state index >= 15 is 0 Å². The van der Waals surface area contributed by atoms with Crippen molar-refractivity contribution in [2.45, 2.75) is 60.8 Å². The highest BCUT2D eigenvalue weighted by Gasteiger charge is 2.07. The van der Waals surface area contributed by atoms with Gasteiger partial charge in [-0.2, -0.15) is 0 Å². The lowest BCUT2D eigenvalue weighted by Gasteiger charge is -2.11. The van der Waals surface area contributed by atoms with Gasteiger partial charge in [-0.25, -0.2) is 0 Å². The van der Waals surface area contributed by atoms with E-state index in [1.54, 1.807) is 5.01 Å². The molecule has 0 aliphatic heterocycles. The van der Waals surface area contributed by atoms with Crippen LogP contribution in [0.15, 0.2) is 69.7 Å². The van der Waals surface area contributed by atoms with Gasteiger partial charge in [-0.15, -0.1) is 5.11 Å². The van der Waals surface area contributed by atoms with Gasteiger partial charge >= 0.3 is 0 Å². The first-order valence-corrected chi connectivity index (χ1v) is 10.2. The van der Waals surface area contributed by atoms with E-state index in [-0.39, 0.29) is 0 Å². The minimum atomic E-state index is 0.947.